The van der Waals surface area contributed by atoms with E-state index in [1.807, 2.05) is 6.07 Å². The van der Waals surface area contributed by atoms with Crippen molar-refractivity contribution in [3.8, 4) is 0 Å². The van der Waals surface area contributed by atoms with Crippen molar-refractivity contribution in [3.05, 3.63) is 63.9 Å². The van der Waals surface area contributed by atoms with Crippen LogP contribution in [-0.2, 0) is 11.3 Å². The van der Waals surface area contributed by atoms with Gasteiger partial charge in [0.05, 0.1) is 0 Å². The molecule has 4 heterocycles. The highest BCUT2D eigenvalue weighted by atomic mass is 16.5. The minimum absolute atomic E-state index is 0.252. The fraction of sp³-hybridized carbons (Fsp3) is 0.348. The van der Waals surface area contributed by atoms with Gasteiger partial charge in [-0.15, -0.1) is 5.10 Å². The molecule has 0 aliphatic carbocycles. The zero-order chi connectivity index (χ0) is 23.8. The van der Waals surface area contributed by atoms with Crippen LogP contribution in [-0.4, -0.2) is 56.4 Å². The number of rotatable bonds is 5. The summed E-state index contributed by atoms with van der Waals surface area (Å²) in [5.41, 5.74) is 3.44. The summed E-state index contributed by atoms with van der Waals surface area (Å²) in [6.45, 7) is 9.13. The van der Waals surface area contributed by atoms with Crippen LogP contribution in [0.4, 0.5) is 17.3 Å². The Bertz CT molecular complexity index is 1410. The number of nitrogens with zero attached hydrogens (tertiary/aromatic N) is 7. The summed E-state index contributed by atoms with van der Waals surface area (Å²) in [7, 11) is 0. The molecule has 5 rings (SSSR count). The molecule has 0 spiro atoms. The lowest BCUT2D eigenvalue weighted by molar-refractivity contribution is -0.117. The van der Waals surface area contributed by atoms with Gasteiger partial charge in [-0.25, -0.2) is 13.9 Å². The number of piperazine rings is 1. The second-order valence-electron chi connectivity index (χ2n) is 8.46. The zero-order valence-electron chi connectivity index (χ0n) is 19.4. The minimum atomic E-state index is -0.430. The van der Waals surface area contributed by atoms with Crippen LogP contribution in [0.5, 0.6) is 0 Å². The Kier molecular flexibility index (Phi) is 5.52. The van der Waals surface area contributed by atoms with Gasteiger partial charge in [0.15, 0.2) is 5.82 Å². The fourth-order valence-electron chi connectivity index (χ4n) is 4.17. The highest BCUT2D eigenvalue weighted by Gasteiger charge is 2.21. The van der Waals surface area contributed by atoms with Gasteiger partial charge in [-0.05, 0) is 44.0 Å². The number of fused-ring (bicyclic) bond motifs is 1. The zero-order valence-corrected chi connectivity index (χ0v) is 19.4. The van der Waals surface area contributed by atoms with Crippen LogP contribution < -0.4 is 20.8 Å². The second kappa shape index (κ2) is 8.65. The van der Waals surface area contributed by atoms with Crippen molar-refractivity contribution in [1.29, 1.82) is 0 Å². The van der Waals surface area contributed by atoms with Gasteiger partial charge in [0.2, 0.25) is 5.91 Å². The Morgan fingerprint density at radius 1 is 1.09 bits per heavy atom. The van der Waals surface area contributed by atoms with Gasteiger partial charge in [-0.1, -0.05) is 17.3 Å². The summed E-state index contributed by atoms with van der Waals surface area (Å²) in [6.07, 6.45) is 1.65. The number of carbonyl (C=O) groups excluding carboxylic acids is 1. The van der Waals surface area contributed by atoms with E-state index in [0.29, 0.717) is 11.6 Å². The van der Waals surface area contributed by atoms with Gasteiger partial charge < -0.3 is 19.6 Å². The van der Waals surface area contributed by atoms with Crippen molar-refractivity contribution in [1.82, 2.24) is 24.3 Å². The van der Waals surface area contributed by atoms with Gasteiger partial charge >= 0.3 is 5.69 Å². The van der Waals surface area contributed by atoms with E-state index in [1.165, 1.54) is 21.2 Å². The number of hydrogen-bond donors (Lipinski definition) is 1. The van der Waals surface area contributed by atoms with Gasteiger partial charge in [-0.3, -0.25) is 4.79 Å². The third-order valence-electron chi connectivity index (χ3n) is 6.15. The number of aryl methyl sites for hydroxylation is 2. The first-order valence-electron chi connectivity index (χ1n) is 11.1. The molecule has 3 aromatic heterocycles. The normalized spacial score (nSPS) is 14.1. The standard InChI is InChI=1S/C23H26N8O3/c1-15-5-4-6-18(17(15)3)28-9-11-29(12-10-28)20-7-8-30-22(25-20)26-31(23(30)33)14-21(32)24-19-13-16(2)34-27-19/h4-8,13H,9-12,14H2,1-3H3,(H,24,27,32). The van der Waals surface area contributed by atoms with Crippen LogP contribution in [0.15, 0.2) is 45.8 Å². The Balaban J connectivity index is 1.28. The molecule has 11 heteroatoms. The Labute approximate surface area is 195 Å². The fourth-order valence-corrected chi connectivity index (χ4v) is 4.17. The van der Waals surface area contributed by atoms with Crippen LogP contribution in [0.1, 0.15) is 16.9 Å². The molecule has 1 saturated heterocycles. The summed E-state index contributed by atoms with van der Waals surface area (Å²) < 4.78 is 7.36. The molecule has 11 nitrogen and oxygen atoms in total. The van der Waals surface area contributed by atoms with Gasteiger partial charge in [0.1, 0.15) is 18.1 Å². The lowest BCUT2D eigenvalue weighted by Gasteiger charge is -2.37. The summed E-state index contributed by atoms with van der Waals surface area (Å²) >= 11 is 0. The molecule has 1 amide bonds. The average Bonchev–Trinajstić information content (AvgIpc) is 3.37. The van der Waals surface area contributed by atoms with Gasteiger partial charge in [0, 0.05) is 44.1 Å². The number of nitrogens with one attached hydrogen (secondary N) is 1. The van der Waals surface area contributed by atoms with E-state index in [2.05, 4.69) is 62.4 Å². The highest BCUT2D eigenvalue weighted by Crippen LogP contribution is 2.25. The van der Waals surface area contributed by atoms with E-state index in [0.717, 1.165) is 36.7 Å². The molecule has 0 bridgehead atoms. The summed E-state index contributed by atoms with van der Waals surface area (Å²) in [4.78, 5) is 34.1. The summed E-state index contributed by atoms with van der Waals surface area (Å²) in [5, 5.41) is 10.6. The third-order valence-corrected chi connectivity index (χ3v) is 6.15. The molecule has 1 aliphatic heterocycles. The van der Waals surface area contributed by atoms with Crippen LogP contribution in [0.25, 0.3) is 5.78 Å². The largest absolute Gasteiger partial charge is 0.368 e. The molecule has 1 aliphatic rings. The molecular weight excluding hydrogens is 436 g/mol. The smallest absolute Gasteiger partial charge is 0.352 e. The van der Waals surface area contributed by atoms with Gasteiger partial charge in [-0.2, -0.15) is 4.98 Å². The summed E-state index contributed by atoms with van der Waals surface area (Å²) in [5.74, 6) is 1.45. The maximum Gasteiger partial charge on any atom is 0.352 e. The quantitative estimate of drug-likeness (QED) is 0.477. The molecule has 1 aromatic carbocycles. The number of hydrogen-bond acceptors (Lipinski definition) is 8. The number of benzene rings is 1. The molecule has 0 unspecified atom stereocenters. The maximum atomic E-state index is 12.7. The molecule has 1 N–H and O–H groups in total. The maximum absolute atomic E-state index is 12.7. The van der Waals surface area contributed by atoms with E-state index in [4.69, 9.17) is 4.52 Å². The SMILES string of the molecule is Cc1cc(NC(=O)Cn2nc3nc(N4CCN(c5cccc(C)c5C)CC4)ccn3c2=O)no1. The lowest BCUT2D eigenvalue weighted by atomic mass is 10.1. The predicted molar refractivity (Wildman–Crippen MR) is 127 cm³/mol. The number of amides is 1. The van der Waals surface area contributed by atoms with Crippen molar-refractivity contribution >= 4 is 29.0 Å². The average molecular weight is 463 g/mol. The molecule has 176 valence electrons. The predicted octanol–water partition coefficient (Wildman–Crippen LogP) is 1.77. The monoisotopic (exact) mass is 462 g/mol. The molecule has 4 aromatic rings. The van der Waals surface area contributed by atoms with Crippen molar-refractivity contribution in [3.63, 3.8) is 0 Å². The van der Waals surface area contributed by atoms with Crippen LogP contribution >= 0.6 is 0 Å². The van der Waals surface area contributed by atoms with E-state index in [-0.39, 0.29) is 12.3 Å². The number of anilines is 3. The molecule has 0 radical (unpaired) electrons. The number of carbonyl (C=O) groups is 1. The Morgan fingerprint density at radius 2 is 1.85 bits per heavy atom. The first kappa shape index (κ1) is 21.7. The van der Waals surface area contributed by atoms with Crippen molar-refractivity contribution < 1.29 is 9.32 Å². The van der Waals surface area contributed by atoms with Crippen LogP contribution in [0.3, 0.4) is 0 Å². The van der Waals surface area contributed by atoms with E-state index >= 15 is 0 Å². The van der Waals surface area contributed by atoms with Gasteiger partial charge in [0.25, 0.3) is 5.78 Å². The first-order chi connectivity index (χ1) is 16.4. The lowest BCUT2D eigenvalue weighted by Crippen LogP contribution is -2.47. The van der Waals surface area contributed by atoms with E-state index in [9.17, 15) is 9.59 Å². The highest BCUT2D eigenvalue weighted by molar-refractivity contribution is 5.89. The van der Waals surface area contributed by atoms with Crippen LogP contribution in [0.2, 0.25) is 0 Å². The first-order valence-corrected chi connectivity index (χ1v) is 11.1. The molecular formula is C23H26N8O3. The second-order valence-corrected chi connectivity index (χ2v) is 8.46. The molecule has 0 atom stereocenters. The van der Waals surface area contributed by atoms with Crippen molar-refractivity contribution in [2.45, 2.75) is 27.3 Å². The van der Waals surface area contributed by atoms with E-state index in [1.54, 1.807) is 19.2 Å². The molecule has 0 saturated carbocycles. The minimum Gasteiger partial charge on any atom is -0.368 e. The topological polar surface area (TPSA) is 114 Å². The molecule has 34 heavy (non-hydrogen) atoms. The number of aromatic nitrogens is 5. The third kappa shape index (κ3) is 4.12. The molecule has 1 fully saturated rings. The Morgan fingerprint density at radius 3 is 2.59 bits per heavy atom. The van der Waals surface area contributed by atoms with Crippen LogP contribution in [0, 0.1) is 20.8 Å². The Hall–Kier alpha value is -4.15. The summed E-state index contributed by atoms with van der Waals surface area (Å²) in [6, 6.07) is 9.81. The van der Waals surface area contributed by atoms with Crippen molar-refractivity contribution in [2.75, 3.05) is 41.3 Å². The van der Waals surface area contributed by atoms with Crippen molar-refractivity contribution in [2.24, 2.45) is 0 Å². The van der Waals surface area contributed by atoms with E-state index < -0.39 is 11.6 Å².